The lowest BCUT2D eigenvalue weighted by molar-refractivity contribution is 0.687. The Balaban J connectivity index is 0.00000221. The van der Waals surface area contributed by atoms with Crippen LogP contribution < -0.4 is 5.32 Å². The minimum Gasteiger partial charge on any atom is -0.362 e. The molecule has 0 aliphatic heterocycles. The largest absolute Gasteiger partial charge is 0.362 e. The van der Waals surface area contributed by atoms with Gasteiger partial charge in [-0.25, -0.2) is 0 Å². The van der Waals surface area contributed by atoms with Gasteiger partial charge in [0.2, 0.25) is 0 Å². The molecule has 0 spiro atoms. The molecule has 2 aliphatic rings. The summed E-state index contributed by atoms with van der Waals surface area (Å²) in [6, 6.07) is 65.7. The highest BCUT2D eigenvalue weighted by atomic mass is 15.0. The number of rotatable bonds is 9. The molecular formula is C57H48N2. The standard InChI is InChI=1S/C55H42N2.C2H6/c1-5-17-41(18-6-1)42-32-29-40(30-33-42)31-35-48-47-25-13-15-27-51(47)55(43-19-7-2-8-20-43,44-21-9-3-10-22-44)52(48)37-38-56-45-34-36-50-49-26-14-16-28-53(49)57(54(50)39-45)46-23-11-4-12-24-46;1-2/h1-9,11-21,23-39,56H,10,22H2;1-2H3/b35-31-,38-37+;. The molecule has 2 nitrogen and oxygen atoms in total. The van der Waals surface area contributed by atoms with E-state index in [-0.39, 0.29) is 0 Å². The van der Waals surface area contributed by atoms with E-state index in [0.29, 0.717) is 0 Å². The molecule has 7 aromatic carbocycles. The van der Waals surface area contributed by atoms with Crippen molar-refractivity contribution in [1.29, 1.82) is 0 Å². The van der Waals surface area contributed by atoms with Crippen molar-refractivity contribution in [3.63, 3.8) is 0 Å². The zero-order valence-electron chi connectivity index (χ0n) is 33.7. The molecule has 1 aromatic heterocycles. The predicted molar refractivity (Wildman–Crippen MR) is 253 cm³/mol. The molecule has 1 N–H and O–H groups in total. The van der Waals surface area contributed by atoms with Crippen LogP contribution in [0.1, 0.15) is 48.9 Å². The number of para-hydroxylation sites is 2. The fourth-order valence-electron chi connectivity index (χ4n) is 9.11. The van der Waals surface area contributed by atoms with Crippen LogP contribution in [-0.2, 0) is 5.41 Å². The van der Waals surface area contributed by atoms with E-state index < -0.39 is 5.41 Å². The van der Waals surface area contributed by atoms with Crippen molar-refractivity contribution in [2.75, 3.05) is 5.32 Å². The second kappa shape index (κ2) is 16.7. The van der Waals surface area contributed by atoms with Gasteiger partial charge in [-0.05, 0) is 93.8 Å². The van der Waals surface area contributed by atoms with E-state index in [1.807, 2.05) is 13.8 Å². The summed E-state index contributed by atoms with van der Waals surface area (Å²) in [6.45, 7) is 4.00. The van der Waals surface area contributed by atoms with Gasteiger partial charge in [-0.2, -0.15) is 0 Å². The molecule has 0 amide bonds. The maximum Gasteiger partial charge on any atom is 0.0677 e. The Morgan fingerprint density at radius 1 is 0.576 bits per heavy atom. The Labute approximate surface area is 348 Å². The first kappa shape index (κ1) is 37.4. The lowest BCUT2D eigenvalue weighted by atomic mass is 9.64. The van der Waals surface area contributed by atoms with Crippen molar-refractivity contribution in [3.05, 3.63) is 252 Å². The number of hydrogen-bond acceptors (Lipinski definition) is 1. The summed E-state index contributed by atoms with van der Waals surface area (Å²) in [5.74, 6) is 0. The molecule has 286 valence electrons. The Hall–Kier alpha value is -7.16. The highest BCUT2D eigenvalue weighted by molar-refractivity contribution is 6.10. The fourth-order valence-corrected chi connectivity index (χ4v) is 9.11. The smallest absolute Gasteiger partial charge is 0.0677 e. The molecule has 10 rings (SSSR count). The molecule has 2 heteroatoms. The van der Waals surface area contributed by atoms with Crippen LogP contribution in [0.15, 0.2) is 230 Å². The third-order valence-electron chi connectivity index (χ3n) is 11.7. The maximum absolute atomic E-state index is 3.74. The van der Waals surface area contributed by atoms with Crippen LogP contribution in [0, 0.1) is 0 Å². The van der Waals surface area contributed by atoms with Gasteiger partial charge in [0.15, 0.2) is 0 Å². The molecule has 0 fully saturated rings. The summed E-state index contributed by atoms with van der Waals surface area (Å²) in [5, 5.41) is 6.23. The van der Waals surface area contributed by atoms with Crippen molar-refractivity contribution in [2.24, 2.45) is 0 Å². The van der Waals surface area contributed by atoms with Crippen LogP contribution in [0.2, 0.25) is 0 Å². The molecule has 0 bridgehead atoms. The topological polar surface area (TPSA) is 17.0 Å². The van der Waals surface area contributed by atoms with Crippen LogP contribution in [-0.4, -0.2) is 4.57 Å². The van der Waals surface area contributed by atoms with Gasteiger partial charge in [-0.3, -0.25) is 0 Å². The number of allylic oxidation sites excluding steroid dienone is 8. The van der Waals surface area contributed by atoms with E-state index >= 15 is 0 Å². The molecule has 59 heavy (non-hydrogen) atoms. The second-order valence-corrected chi connectivity index (χ2v) is 14.9. The zero-order valence-corrected chi connectivity index (χ0v) is 33.7. The first-order chi connectivity index (χ1) is 29.3. The molecule has 0 saturated carbocycles. The average Bonchev–Trinajstić information content (AvgIpc) is 3.80. The van der Waals surface area contributed by atoms with E-state index in [4.69, 9.17) is 0 Å². The normalized spacial score (nSPS) is 16.1. The van der Waals surface area contributed by atoms with Gasteiger partial charge in [-0.15, -0.1) is 0 Å². The highest BCUT2D eigenvalue weighted by Crippen LogP contribution is 2.57. The van der Waals surface area contributed by atoms with E-state index in [1.165, 1.54) is 71.9 Å². The zero-order chi connectivity index (χ0) is 40.0. The highest BCUT2D eigenvalue weighted by Gasteiger charge is 2.47. The maximum atomic E-state index is 3.74. The minimum atomic E-state index is -0.457. The molecule has 0 radical (unpaired) electrons. The number of benzene rings is 7. The van der Waals surface area contributed by atoms with Crippen molar-refractivity contribution < 1.29 is 0 Å². The van der Waals surface area contributed by atoms with Crippen LogP contribution in [0.25, 0.3) is 50.3 Å². The van der Waals surface area contributed by atoms with Gasteiger partial charge in [0.25, 0.3) is 0 Å². The number of hydrogen-bond donors (Lipinski definition) is 1. The van der Waals surface area contributed by atoms with Gasteiger partial charge in [0.05, 0.1) is 16.4 Å². The predicted octanol–water partition coefficient (Wildman–Crippen LogP) is 15.1. The van der Waals surface area contributed by atoms with E-state index in [0.717, 1.165) is 24.2 Å². The van der Waals surface area contributed by atoms with Gasteiger partial charge in [0, 0.05) is 28.3 Å². The van der Waals surface area contributed by atoms with Gasteiger partial charge in [0.1, 0.15) is 0 Å². The Morgan fingerprint density at radius 3 is 2.00 bits per heavy atom. The number of nitrogens with one attached hydrogen (secondary N) is 1. The summed E-state index contributed by atoms with van der Waals surface area (Å²) in [7, 11) is 0. The molecule has 2 aliphatic carbocycles. The van der Waals surface area contributed by atoms with Crippen LogP contribution in [0.3, 0.4) is 0 Å². The van der Waals surface area contributed by atoms with Crippen molar-refractivity contribution in [2.45, 2.75) is 32.1 Å². The van der Waals surface area contributed by atoms with Crippen LogP contribution >= 0.6 is 0 Å². The monoisotopic (exact) mass is 760 g/mol. The summed E-state index contributed by atoms with van der Waals surface area (Å²) >= 11 is 0. The number of aromatic nitrogens is 1. The van der Waals surface area contributed by atoms with Gasteiger partial charge < -0.3 is 9.88 Å². The van der Waals surface area contributed by atoms with Crippen molar-refractivity contribution >= 4 is 39.1 Å². The molecular weight excluding hydrogens is 713 g/mol. The number of fused-ring (bicyclic) bond motifs is 4. The Bertz CT molecular complexity index is 2890. The molecule has 1 heterocycles. The third kappa shape index (κ3) is 6.87. The first-order valence-corrected chi connectivity index (χ1v) is 20.9. The average molecular weight is 761 g/mol. The molecule has 1 unspecified atom stereocenters. The third-order valence-corrected chi connectivity index (χ3v) is 11.7. The minimum absolute atomic E-state index is 0.457. The summed E-state index contributed by atoms with van der Waals surface area (Å²) < 4.78 is 2.37. The van der Waals surface area contributed by atoms with Gasteiger partial charge in [-0.1, -0.05) is 201 Å². The fraction of sp³-hybridized carbons (Fsp3) is 0.0877. The summed E-state index contributed by atoms with van der Waals surface area (Å²) in [6.07, 6.45) is 18.0. The quantitative estimate of drug-likeness (QED) is 0.155. The summed E-state index contributed by atoms with van der Waals surface area (Å²) in [5.41, 5.74) is 15.5. The SMILES string of the molecule is C1=CCCC(C2(c3ccccc3)C(/C=C/Nc3ccc4c5ccccc5n(-c5ccccc5)c4c3)=C(/C=C\c3ccc(-c4ccccc4)cc3)c3ccccc32)=C1.CC. The Kier molecular flexibility index (Phi) is 10.6. The summed E-state index contributed by atoms with van der Waals surface area (Å²) in [4.78, 5) is 0. The lowest BCUT2D eigenvalue weighted by Crippen LogP contribution is -2.31. The lowest BCUT2D eigenvalue weighted by Gasteiger charge is -2.37. The molecule has 8 aromatic rings. The number of nitrogens with zero attached hydrogens (tertiary/aromatic N) is 1. The van der Waals surface area contributed by atoms with Crippen molar-refractivity contribution in [3.8, 4) is 16.8 Å². The van der Waals surface area contributed by atoms with E-state index in [2.05, 4.69) is 235 Å². The van der Waals surface area contributed by atoms with Crippen molar-refractivity contribution in [1.82, 2.24) is 4.57 Å². The van der Waals surface area contributed by atoms with Gasteiger partial charge >= 0.3 is 0 Å². The van der Waals surface area contributed by atoms with Crippen LogP contribution in [0.4, 0.5) is 5.69 Å². The van der Waals surface area contributed by atoms with E-state index in [9.17, 15) is 0 Å². The van der Waals surface area contributed by atoms with Crippen LogP contribution in [0.5, 0.6) is 0 Å². The number of anilines is 1. The first-order valence-electron chi connectivity index (χ1n) is 20.9. The Morgan fingerprint density at radius 2 is 1.24 bits per heavy atom. The molecule has 1 atom stereocenters. The molecule has 0 saturated heterocycles. The second-order valence-electron chi connectivity index (χ2n) is 14.9. The van der Waals surface area contributed by atoms with E-state index in [1.54, 1.807) is 0 Å².